The molecule has 1 aliphatic heterocycles. The van der Waals surface area contributed by atoms with Gasteiger partial charge in [-0.1, -0.05) is 24.6 Å². The van der Waals surface area contributed by atoms with Gasteiger partial charge in [0.2, 0.25) is 5.91 Å². The summed E-state index contributed by atoms with van der Waals surface area (Å²) in [5, 5.41) is 3.58. The van der Waals surface area contributed by atoms with Gasteiger partial charge in [-0.05, 0) is 37.6 Å². The second kappa shape index (κ2) is 9.58. The van der Waals surface area contributed by atoms with Crippen molar-refractivity contribution in [3.05, 3.63) is 45.8 Å². The van der Waals surface area contributed by atoms with Gasteiger partial charge in [-0.25, -0.2) is 4.79 Å². The molecule has 1 aromatic heterocycles. The van der Waals surface area contributed by atoms with Crippen LogP contribution in [0.15, 0.2) is 29.2 Å². The van der Waals surface area contributed by atoms with Crippen LogP contribution >= 0.6 is 23.1 Å². The summed E-state index contributed by atoms with van der Waals surface area (Å²) in [7, 11) is 1.39. The Morgan fingerprint density at radius 3 is 2.71 bits per heavy atom. The average molecular weight is 419 g/mol. The van der Waals surface area contributed by atoms with Gasteiger partial charge in [-0.3, -0.25) is 9.69 Å². The third kappa shape index (κ3) is 4.96. The molecule has 0 aliphatic carbocycles. The number of hydrogen-bond donors (Lipinski definition) is 1. The van der Waals surface area contributed by atoms with Crippen LogP contribution in [-0.4, -0.2) is 42.7 Å². The smallest absolute Gasteiger partial charge is 0.341 e. The van der Waals surface area contributed by atoms with E-state index in [1.54, 1.807) is 11.8 Å². The van der Waals surface area contributed by atoms with Gasteiger partial charge >= 0.3 is 5.97 Å². The summed E-state index contributed by atoms with van der Waals surface area (Å²) in [6.45, 7) is 6.91. The number of thioether (sulfide) groups is 1. The summed E-state index contributed by atoms with van der Waals surface area (Å²) >= 11 is 3.16. The number of rotatable bonds is 7. The highest BCUT2D eigenvalue weighted by molar-refractivity contribution is 7.99. The van der Waals surface area contributed by atoms with Crippen molar-refractivity contribution in [3.8, 4) is 0 Å². The SMILES string of the molecule is CCN1CCc2c(sc(NC(=O)CCSc3ccc(C)cc3)c2C(=O)OC)C1. The van der Waals surface area contributed by atoms with Crippen LogP contribution in [0.25, 0.3) is 0 Å². The first-order valence-corrected chi connectivity index (χ1v) is 11.3. The molecule has 2 heterocycles. The van der Waals surface area contributed by atoms with Crippen molar-refractivity contribution < 1.29 is 14.3 Å². The van der Waals surface area contributed by atoms with Crippen molar-refractivity contribution in [2.45, 2.75) is 38.1 Å². The van der Waals surface area contributed by atoms with Gasteiger partial charge in [0.05, 0.1) is 12.7 Å². The molecule has 1 aromatic carbocycles. The number of benzene rings is 1. The summed E-state index contributed by atoms with van der Waals surface area (Å²) in [4.78, 5) is 29.5. The van der Waals surface area contributed by atoms with Crippen LogP contribution in [0.5, 0.6) is 0 Å². The number of nitrogens with zero attached hydrogens (tertiary/aromatic N) is 1. The number of fused-ring (bicyclic) bond motifs is 1. The molecular formula is C21H26N2O3S2. The Hall–Kier alpha value is -1.83. The van der Waals surface area contributed by atoms with Gasteiger partial charge in [0.15, 0.2) is 0 Å². The lowest BCUT2D eigenvalue weighted by Gasteiger charge is -2.25. The number of hydrogen-bond acceptors (Lipinski definition) is 6. The third-order valence-electron chi connectivity index (χ3n) is 4.84. The van der Waals surface area contributed by atoms with E-state index >= 15 is 0 Å². The molecule has 0 fully saturated rings. The molecular weight excluding hydrogens is 392 g/mol. The molecule has 1 N–H and O–H groups in total. The number of anilines is 1. The fourth-order valence-electron chi connectivity index (χ4n) is 3.22. The first-order chi connectivity index (χ1) is 13.5. The van der Waals surface area contributed by atoms with Gasteiger partial charge < -0.3 is 10.1 Å². The van der Waals surface area contributed by atoms with Crippen LogP contribution in [0.3, 0.4) is 0 Å². The van der Waals surface area contributed by atoms with Gasteiger partial charge in [0.25, 0.3) is 0 Å². The summed E-state index contributed by atoms with van der Waals surface area (Å²) in [5.41, 5.74) is 2.80. The molecule has 0 spiro atoms. The average Bonchev–Trinajstić information content (AvgIpc) is 3.05. The molecule has 2 aromatic rings. The zero-order valence-electron chi connectivity index (χ0n) is 16.5. The second-order valence-corrected chi connectivity index (χ2v) is 9.05. The van der Waals surface area contributed by atoms with E-state index in [1.165, 1.54) is 24.0 Å². The van der Waals surface area contributed by atoms with E-state index in [-0.39, 0.29) is 11.9 Å². The second-order valence-electron chi connectivity index (χ2n) is 6.78. The van der Waals surface area contributed by atoms with E-state index in [0.717, 1.165) is 41.4 Å². The molecule has 5 nitrogen and oxygen atoms in total. The van der Waals surface area contributed by atoms with Crippen molar-refractivity contribution in [1.29, 1.82) is 0 Å². The maximum absolute atomic E-state index is 12.5. The molecule has 150 valence electrons. The fourth-order valence-corrected chi connectivity index (χ4v) is 5.36. The normalized spacial score (nSPS) is 13.8. The number of methoxy groups -OCH3 is 1. The van der Waals surface area contributed by atoms with E-state index in [4.69, 9.17) is 4.74 Å². The minimum atomic E-state index is -0.369. The van der Waals surface area contributed by atoms with Crippen LogP contribution in [0.4, 0.5) is 5.00 Å². The minimum Gasteiger partial charge on any atom is -0.465 e. The van der Waals surface area contributed by atoms with Crippen molar-refractivity contribution in [2.75, 3.05) is 31.3 Å². The number of carbonyl (C=O) groups is 2. The highest BCUT2D eigenvalue weighted by Gasteiger charge is 2.28. The molecule has 0 atom stereocenters. The summed E-state index contributed by atoms with van der Waals surface area (Å²) in [5.74, 6) is 0.249. The molecule has 3 rings (SSSR count). The number of aryl methyl sites for hydroxylation is 1. The molecule has 0 saturated carbocycles. The molecule has 0 radical (unpaired) electrons. The maximum atomic E-state index is 12.5. The van der Waals surface area contributed by atoms with Crippen molar-refractivity contribution in [1.82, 2.24) is 4.90 Å². The van der Waals surface area contributed by atoms with Crippen LogP contribution < -0.4 is 5.32 Å². The van der Waals surface area contributed by atoms with E-state index in [2.05, 4.69) is 48.3 Å². The van der Waals surface area contributed by atoms with Gasteiger partial charge in [0.1, 0.15) is 5.00 Å². The largest absolute Gasteiger partial charge is 0.465 e. The number of carbonyl (C=O) groups excluding carboxylic acids is 2. The molecule has 7 heteroatoms. The van der Waals surface area contributed by atoms with Crippen molar-refractivity contribution in [3.63, 3.8) is 0 Å². The monoisotopic (exact) mass is 418 g/mol. The summed E-state index contributed by atoms with van der Waals surface area (Å²) in [6.07, 6.45) is 1.20. The van der Waals surface area contributed by atoms with Crippen molar-refractivity contribution in [2.24, 2.45) is 0 Å². The lowest BCUT2D eigenvalue weighted by atomic mass is 10.0. The van der Waals surface area contributed by atoms with E-state index in [9.17, 15) is 9.59 Å². The fraction of sp³-hybridized carbons (Fsp3) is 0.429. The van der Waals surface area contributed by atoms with Gasteiger partial charge in [0, 0.05) is 35.0 Å². The van der Waals surface area contributed by atoms with Gasteiger partial charge in [-0.15, -0.1) is 23.1 Å². The Balaban J connectivity index is 1.65. The van der Waals surface area contributed by atoms with E-state index < -0.39 is 0 Å². The van der Waals surface area contributed by atoms with Crippen LogP contribution in [0.2, 0.25) is 0 Å². The van der Waals surface area contributed by atoms with Crippen molar-refractivity contribution >= 4 is 40.0 Å². The number of thiophene rings is 1. The molecule has 1 aliphatic rings. The Kier molecular flexibility index (Phi) is 7.15. The quantitative estimate of drug-likeness (QED) is 0.535. The Morgan fingerprint density at radius 1 is 1.29 bits per heavy atom. The molecule has 28 heavy (non-hydrogen) atoms. The standard InChI is InChI=1S/C21H26N2O3S2/c1-4-23-11-9-16-17(13-23)28-20(19(16)21(25)26-3)22-18(24)10-12-27-15-7-5-14(2)6-8-15/h5-8H,4,9-13H2,1-3H3,(H,22,24). The Labute approximate surface area is 174 Å². The zero-order chi connectivity index (χ0) is 20.1. The predicted molar refractivity (Wildman–Crippen MR) is 115 cm³/mol. The Morgan fingerprint density at radius 2 is 2.04 bits per heavy atom. The lowest BCUT2D eigenvalue weighted by molar-refractivity contribution is -0.115. The summed E-state index contributed by atoms with van der Waals surface area (Å²) < 4.78 is 4.98. The molecule has 0 unspecified atom stereocenters. The maximum Gasteiger partial charge on any atom is 0.341 e. The first kappa shape index (κ1) is 20.9. The summed E-state index contributed by atoms with van der Waals surface area (Å²) in [6, 6.07) is 8.28. The molecule has 0 bridgehead atoms. The number of ether oxygens (including phenoxy) is 1. The molecule has 1 amide bonds. The highest BCUT2D eigenvalue weighted by Crippen LogP contribution is 2.37. The highest BCUT2D eigenvalue weighted by atomic mass is 32.2. The Bertz CT molecular complexity index is 846. The minimum absolute atomic E-state index is 0.0734. The van der Waals surface area contributed by atoms with Crippen LogP contribution in [0, 0.1) is 6.92 Å². The lowest BCUT2D eigenvalue weighted by Crippen LogP contribution is -2.29. The van der Waals surface area contributed by atoms with Crippen LogP contribution in [0.1, 0.15) is 39.7 Å². The first-order valence-electron chi connectivity index (χ1n) is 9.46. The van der Waals surface area contributed by atoms with E-state index in [1.807, 2.05) is 0 Å². The number of likely N-dealkylation sites (N-methyl/N-ethyl adjacent to an activating group) is 1. The number of esters is 1. The van der Waals surface area contributed by atoms with E-state index in [0.29, 0.717) is 22.7 Å². The number of nitrogens with one attached hydrogen (secondary N) is 1. The third-order valence-corrected chi connectivity index (χ3v) is 6.99. The topological polar surface area (TPSA) is 58.6 Å². The molecule has 0 saturated heterocycles. The number of amides is 1. The zero-order valence-corrected chi connectivity index (χ0v) is 18.2. The predicted octanol–water partition coefficient (Wildman–Crippen LogP) is 4.34. The van der Waals surface area contributed by atoms with Crippen LogP contribution in [-0.2, 0) is 22.5 Å². The van der Waals surface area contributed by atoms with Gasteiger partial charge in [-0.2, -0.15) is 0 Å².